The number of nitrogens with two attached hydrogens (primary N) is 1. The molecule has 98 valence electrons. The van der Waals surface area contributed by atoms with Crippen LogP contribution in [0.1, 0.15) is 18.4 Å². The van der Waals surface area contributed by atoms with E-state index in [0.29, 0.717) is 11.7 Å². The summed E-state index contributed by atoms with van der Waals surface area (Å²) in [7, 11) is 0. The monoisotopic (exact) mass is 285 g/mol. The minimum Gasteiger partial charge on any atom is -0.337 e. The van der Waals surface area contributed by atoms with Crippen LogP contribution in [0.2, 0.25) is 0 Å². The molecular weight excluding hydrogens is 270 g/mol. The molecule has 0 aliphatic carbocycles. The second-order valence-electron chi connectivity index (χ2n) is 3.71. The Hall–Kier alpha value is -1.04. The maximum atomic E-state index is 5.96. The SMILES string of the molecule is CSCCC(N)c1nc(-c2ccccc2)no1.Cl. The minimum absolute atomic E-state index is 0. The van der Waals surface area contributed by atoms with E-state index in [1.807, 2.05) is 30.3 Å². The zero-order chi connectivity index (χ0) is 12.1. The highest BCUT2D eigenvalue weighted by Crippen LogP contribution is 2.19. The first kappa shape index (κ1) is 15.0. The summed E-state index contributed by atoms with van der Waals surface area (Å²) in [5.41, 5.74) is 6.91. The molecule has 1 aromatic heterocycles. The van der Waals surface area contributed by atoms with Crippen LogP contribution in [-0.2, 0) is 0 Å². The number of halogens is 1. The molecule has 0 radical (unpaired) electrons. The van der Waals surface area contributed by atoms with Gasteiger partial charge in [0.1, 0.15) is 0 Å². The molecule has 1 unspecified atom stereocenters. The van der Waals surface area contributed by atoms with Crippen LogP contribution in [0.3, 0.4) is 0 Å². The van der Waals surface area contributed by atoms with Crippen LogP contribution in [0.15, 0.2) is 34.9 Å². The number of hydrogen-bond donors (Lipinski definition) is 1. The summed E-state index contributed by atoms with van der Waals surface area (Å²) in [6.45, 7) is 0. The third-order valence-electron chi connectivity index (χ3n) is 2.42. The lowest BCUT2D eigenvalue weighted by Crippen LogP contribution is -2.11. The molecule has 0 bridgehead atoms. The molecule has 2 aromatic rings. The predicted molar refractivity (Wildman–Crippen MR) is 76.9 cm³/mol. The van der Waals surface area contributed by atoms with Crippen LogP contribution >= 0.6 is 24.2 Å². The first-order valence-electron chi connectivity index (χ1n) is 5.45. The number of nitrogens with zero attached hydrogens (tertiary/aromatic N) is 2. The van der Waals surface area contributed by atoms with Gasteiger partial charge in [0, 0.05) is 5.56 Å². The lowest BCUT2D eigenvalue weighted by molar-refractivity contribution is 0.353. The molecule has 2 rings (SSSR count). The fraction of sp³-hybridized carbons (Fsp3) is 0.333. The summed E-state index contributed by atoms with van der Waals surface area (Å²) in [5.74, 6) is 2.10. The number of benzene rings is 1. The lowest BCUT2D eigenvalue weighted by atomic mass is 10.2. The summed E-state index contributed by atoms with van der Waals surface area (Å²) < 4.78 is 5.18. The Morgan fingerprint density at radius 1 is 1.33 bits per heavy atom. The van der Waals surface area contributed by atoms with Gasteiger partial charge in [-0.3, -0.25) is 0 Å². The average Bonchev–Trinajstić information content (AvgIpc) is 2.86. The Morgan fingerprint density at radius 3 is 2.72 bits per heavy atom. The highest BCUT2D eigenvalue weighted by atomic mass is 35.5. The maximum absolute atomic E-state index is 5.96. The van der Waals surface area contributed by atoms with Crippen LogP contribution in [0.4, 0.5) is 0 Å². The van der Waals surface area contributed by atoms with Gasteiger partial charge in [-0.15, -0.1) is 12.4 Å². The molecule has 1 heterocycles. The van der Waals surface area contributed by atoms with Gasteiger partial charge in [0.25, 0.3) is 0 Å². The van der Waals surface area contributed by atoms with Gasteiger partial charge in [-0.05, 0) is 18.4 Å². The molecule has 1 atom stereocenters. The van der Waals surface area contributed by atoms with Crippen molar-refractivity contribution < 1.29 is 4.52 Å². The Labute approximate surface area is 117 Å². The third kappa shape index (κ3) is 3.73. The van der Waals surface area contributed by atoms with E-state index >= 15 is 0 Å². The van der Waals surface area contributed by atoms with Crippen molar-refractivity contribution in [1.29, 1.82) is 0 Å². The zero-order valence-electron chi connectivity index (χ0n) is 10.1. The van der Waals surface area contributed by atoms with E-state index < -0.39 is 0 Å². The molecule has 0 amide bonds. The van der Waals surface area contributed by atoms with Crippen molar-refractivity contribution in [2.75, 3.05) is 12.0 Å². The number of thioether (sulfide) groups is 1. The van der Waals surface area contributed by atoms with Crippen LogP contribution in [-0.4, -0.2) is 22.1 Å². The van der Waals surface area contributed by atoms with Gasteiger partial charge in [0.2, 0.25) is 11.7 Å². The van der Waals surface area contributed by atoms with Crippen molar-refractivity contribution in [3.63, 3.8) is 0 Å². The molecular formula is C12H16ClN3OS. The molecule has 0 spiro atoms. The average molecular weight is 286 g/mol. The molecule has 2 N–H and O–H groups in total. The molecule has 4 nitrogen and oxygen atoms in total. The quantitative estimate of drug-likeness (QED) is 0.915. The molecule has 6 heteroatoms. The standard InChI is InChI=1S/C12H15N3OS.ClH/c1-17-8-7-10(13)12-14-11(15-16-12)9-5-3-2-4-6-9;/h2-6,10H,7-8,13H2,1H3;1H. The molecule has 0 aliphatic rings. The first-order valence-corrected chi connectivity index (χ1v) is 6.84. The number of hydrogen-bond acceptors (Lipinski definition) is 5. The molecule has 0 fully saturated rings. The zero-order valence-corrected chi connectivity index (χ0v) is 11.7. The van der Waals surface area contributed by atoms with Crippen molar-refractivity contribution in [3.05, 3.63) is 36.2 Å². The molecule has 18 heavy (non-hydrogen) atoms. The number of rotatable bonds is 5. The topological polar surface area (TPSA) is 64.9 Å². The van der Waals surface area contributed by atoms with Crippen LogP contribution in [0.25, 0.3) is 11.4 Å². The van der Waals surface area contributed by atoms with Gasteiger partial charge in [-0.25, -0.2) is 0 Å². The van der Waals surface area contributed by atoms with Crippen molar-refractivity contribution in [2.24, 2.45) is 5.73 Å². The Morgan fingerprint density at radius 2 is 2.06 bits per heavy atom. The third-order valence-corrected chi connectivity index (χ3v) is 3.07. The lowest BCUT2D eigenvalue weighted by Gasteiger charge is -2.03. The summed E-state index contributed by atoms with van der Waals surface area (Å²) in [6.07, 6.45) is 2.90. The van der Waals surface area contributed by atoms with Crippen molar-refractivity contribution in [3.8, 4) is 11.4 Å². The molecule has 0 saturated carbocycles. The fourth-order valence-corrected chi connectivity index (χ4v) is 1.95. The smallest absolute Gasteiger partial charge is 0.243 e. The first-order chi connectivity index (χ1) is 8.31. The van der Waals surface area contributed by atoms with Gasteiger partial charge in [-0.1, -0.05) is 35.5 Å². The van der Waals surface area contributed by atoms with E-state index in [1.54, 1.807) is 11.8 Å². The van der Waals surface area contributed by atoms with Gasteiger partial charge in [0.05, 0.1) is 6.04 Å². The highest BCUT2D eigenvalue weighted by molar-refractivity contribution is 7.98. The Kier molecular flexibility index (Phi) is 6.18. The molecule has 0 saturated heterocycles. The van der Waals surface area contributed by atoms with Crippen molar-refractivity contribution in [2.45, 2.75) is 12.5 Å². The Balaban J connectivity index is 0.00000162. The van der Waals surface area contributed by atoms with Crippen molar-refractivity contribution in [1.82, 2.24) is 10.1 Å². The van der Waals surface area contributed by atoms with E-state index in [4.69, 9.17) is 10.3 Å². The minimum atomic E-state index is -0.174. The maximum Gasteiger partial charge on any atom is 0.243 e. The number of aromatic nitrogens is 2. The summed E-state index contributed by atoms with van der Waals surface area (Å²) in [4.78, 5) is 4.32. The van der Waals surface area contributed by atoms with Gasteiger partial charge in [0.15, 0.2) is 0 Å². The Bertz CT molecular complexity index is 463. The highest BCUT2D eigenvalue weighted by Gasteiger charge is 2.14. The fourth-order valence-electron chi connectivity index (χ4n) is 1.46. The van der Waals surface area contributed by atoms with Crippen LogP contribution in [0.5, 0.6) is 0 Å². The van der Waals surface area contributed by atoms with Crippen LogP contribution in [0, 0.1) is 0 Å². The second-order valence-corrected chi connectivity index (χ2v) is 4.70. The van der Waals surface area contributed by atoms with E-state index in [9.17, 15) is 0 Å². The summed E-state index contributed by atoms with van der Waals surface area (Å²) in [5, 5.41) is 3.94. The van der Waals surface area contributed by atoms with E-state index in [1.165, 1.54) is 0 Å². The van der Waals surface area contributed by atoms with E-state index in [0.717, 1.165) is 17.7 Å². The molecule has 0 aliphatic heterocycles. The van der Waals surface area contributed by atoms with Crippen LogP contribution < -0.4 is 5.73 Å². The second kappa shape index (κ2) is 7.41. The van der Waals surface area contributed by atoms with E-state index in [-0.39, 0.29) is 18.4 Å². The summed E-state index contributed by atoms with van der Waals surface area (Å²) >= 11 is 1.76. The van der Waals surface area contributed by atoms with Gasteiger partial charge >= 0.3 is 0 Å². The predicted octanol–water partition coefficient (Wildman–Crippen LogP) is 2.91. The van der Waals surface area contributed by atoms with Gasteiger partial charge < -0.3 is 10.3 Å². The van der Waals surface area contributed by atoms with Crippen molar-refractivity contribution >= 4 is 24.2 Å². The molecule has 1 aromatic carbocycles. The normalized spacial score (nSPS) is 11.9. The summed E-state index contributed by atoms with van der Waals surface area (Å²) in [6, 6.07) is 9.56. The van der Waals surface area contributed by atoms with Gasteiger partial charge in [-0.2, -0.15) is 16.7 Å². The largest absolute Gasteiger partial charge is 0.337 e. The van der Waals surface area contributed by atoms with E-state index in [2.05, 4.69) is 16.4 Å².